The summed E-state index contributed by atoms with van der Waals surface area (Å²) in [6.07, 6.45) is 2.70. The lowest BCUT2D eigenvalue weighted by atomic mass is 10.1. The van der Waals surface area contributed by atoms with E-state index in [1.165, 1.54) is 28.6 Å². The van der Waals surface area contributed by atoms with Crippen molar-refractivity contribution < 1.29 is 0 Å². The van der Waals surface area contributed by atoms with Gasteiger partial charge in [0.25, 0.3) is 0 Å². The molecule has 0 amide bonds. The molecule has 0 unspecified atom stereocenters. The quantitative estimate of drug-likeness (QED) is 0.809. The van der Waals surface area contributed by atoms with Gasteiger partial charge in [-0.1, -0.05) is 36.7 Å². The number of nitrogens with zero attached hydrogens (tertiary/aromatic N) is 1. The lowest BCUT2D eigenvalue weighted by molar-refractivity contribution is 0.603. The Kier molecular flexibility index (Phi) is 5.28. The first kappa shape index (κ1) is 14.9. The van der Waals surface area contributed by atoms with Crippen molar-refractivity contribution >= 4 is 21.6 Å². The minimum atomic E-state index is 0.705. The lowest BCUT2D eigenvalue weighted by Crippen LogP contribution is -2.31. The average Bonchev–Trinajstić information content (AvgIpc) is 3.18. The zero-order valence-electron chi connectivity index (χ0n) is 12.2. The van der Waals surface area contributed by atoms with Crippen LogP contribution in [0, 0.1) is 5.92 Å². The van der Waals surface area contributed by atoms with Crippen LogP contribution in [0.15, 0.2) is 22.7 Å². The Balaban J connectivity index is 2.23. The van der Waals surface area contributed by atoms with Gasteiger partial charge >= 0.3 is 0 Å². The number of halogens is 1. The van der Waals surface area contributed by atoms with Crippen molar-refractivity contribution in [3.63, 3.8) is 0 Å². The van der Waals surface area contributed by atoms with E-state index >= 15 is 0 Å². The summed E-state index contributed by atoms with van der Waals surface area (Å²) in [6.45, 7) is 9.89. The molecule has 0 spiro atoms. The molecule has 1 saturated carbocycles. The van der Waals surface area contributed by atoms with Crippen molar-refractivity contribution in [2.45, 2.75) is 46.2 Å². The predicted octanol–water partition coefficient (Wildman–Crippen LogP) is 4.18. The van der Waals surface area contributed by atoms with E-state index in [0.717, 1.165) is 25.7 Å². The Morgan fingerprint density at radius 1 is 1.37 bits per heavy atom. The summed E-state index contributed by atoms with van der Waals surface area (Å²) in [5.41, 5.74) is 2.82. The van der Waals surface area contributed by atoms with E-state index in [-0.39, 0.29) is 0 Å². The number of benzene rings is 1. The van der Waals surface area contributed by atoms with Gasteiger partial charge in [0, 0.05) is 29.3 Å². The van der Waals surface area contributed by atoms with Gasteiger partial charge in [-0.2, -0.15) is 0 Å². The standard InChI is InChI=1S/C16H25BrN2/c1-4-18-10-13-9-14(17)5-8-16(13)19(11-12(2)3)15-6-7-15/h5,8-9,12,15,18H,4,6-7,10-11H2,1-3H3. The Labute approximate surface area is 125 Å². The number of anilines is 1. The fraction of sp³-hybridized carbons (Fsp3) is 0.625. The number of hydrogen-bond acceptors (Lipinski definition) is 2. The second-order valence-electron chi connectivity index (χ2n) is 5.83. The molecule has 0 aliphatic heterocycles. The lowest BCUT2D eigenvalue weighted by Gasteiger charge is -2.29. The molecular weight excluding hydrogens is 300 g/mol. The van der Waals surface area contributed by atoms with Crippen molar-refractivity contribution in [1.29, 1.82) is 0 Å². The first-order chi connectivity index (χ1) is 9.11. The molecule has 1 aliphatic carbocycles. The molecule has 2 nitrogen and oxygen atoms in total. The Bertz CT molecular complexity index is 413. The first-order valence-corrected chi connectivity index (χ1v) is 8.17. The van der Waals surface area contributed by atoms with Gasteiger partial charge in [-0.15, -0.1) is 0 Å². The number of rotatable bonds is 7. The van der Waals surface area contributed by atoms with Crippen LogP contribution in [0.3, 0.4) is 0 Å². The fourth-order valence-corrected chi connectivity index (χ4v) is 2.87. The monoisotopic (exact) mass is 324 g/mol. The normalized spacial score (nSPS) is 15.0. The molecule has 0 atom stereocenters. The molecule has 0 radical (unpaired) electrons. The molecule has 0 heterocycles. The maximum atomic E-state index is 3.59. The third-order valence-corrected chi connectivity index (χ3v) is 3.96. The molecule has 106 valence electrons. The average molecular weight is 325 g/mol. The molecule has 2 rings (SSSR count). The smallest absolute Gasteiger partial charge is 0.0415 e. The molecule has 0 saturated heterocycles. The summed E-state index contributed by atoms with van der Waals surface area (Å²) in [5, 5.41) is 3.45. The van der Waals surface area contributed by atoms with E-state index in [2.05, 4.69) is 65.1 Å². The summed E-state index contributed by atoms with van der Waals surface area (Å²) >= 11 is 3.59. The van der Waals surface area contributed by atoms with Crippen LogP contribution in [0.2, 0.25) is 0 Å². The maximum Gasteiger partial charge on any atom is 0.0415 e. The second kappa shape index (κ2) is 6.76. The highest BCUT2D eigenvalue weighted by atomic mass is 79.9. The highest BCUT2D eigenvalue weighted by molar-refractivity contribution is 9.10. The van der Waals surface area contributed by atoms with Crippen LogP contribution in [0.25, 0.3) is 0 Å². The Morgan fingerprint density at radius 3 is 2.68 bits per heavy atom. The summed E-state index contributed by atoms with van der Waals surface area (Å²) in [6, 6.07) is 7.47. The van der Waals surface area contributed by atoms with E-state index in [9.17, 15) is 0 Å². The molecule has 1 aliphatic rings. The van der Waals surface area contributed by atoms with Crippen LogP contribution in [0.4, 0.5) is 5.69 Å². The van der Waals surface area contributed by atoms with Gasteiger partial charge in [0.1, 0.15) is 0 Å². The molecule has 3 heteroatoms. The van der Waals surface area contributed by atoms with Crippen LogP contribution in [-0.4, -0.2) is 19.1 Å². The molecule has 1 fully saturated rings. The van der Waals surface area contributed by atoms with E-state index in [4.69, 9.17) is 0 Å². The van der Waals surface area contributed by atoms with Crippen molar-refractivity contribution in [3.05, 3.63) is 28.2 Å². The molecular formula is C16H25BrN2. The van der Waals surface area contributed by atoms with Gasteiger partial charge in [0.05, 0.1) is 0 Å². The predicted molar refractivity (Wildman–Crippen MR) is 86.7 cm³/mol. The SMILES string of the molecule is CCNCc1cc(Br)ccc1N(CC(C)C)C1CC1. The van der Waals surface area contributed by atoms with Crippen LogP contribution >= 0.6 is 15.9 Å². The van der Waals surface area contributed by atoms with Gasteiger partial charge in [0.2, 0.25) is 0 Å². The van der Waals surface area contributed by atoms with Gasteiger partial charge < -0.3 is 10.2 Å². The van der Waals surface area contributed by atoms with Crippen LogP contribution in [0.5, 0.6) is 0 Å². The van der Waals surface area contributed by atoms with Gasteiger partial charge in [-0.05, 0) is 49.1 Å². The Morgan fingerprint density at radius 2 is 2.11 bits per heavy atom. The minimum Gasteiger partial charge on any atom is -0.368 e. The van der Waals surface area contributed by atoms with Gasteiger partial charge in [0.15, 0.2) is 0 Å². The summed E-state index contributed by atoms with van der Waals surface area (Å²) < 4.78 is 1.17. The van der Waals surface area contributed by atoms with E-state index < -0.39 is 0 Å². The zero-order chi connectivity index (χ0) is 13.8. The second-order valence-corrected chi connectivity index (χ2v) is 6.75. The van der Waals surface area contributed by atoms with Gasteiger partial charge in [-0.25, -0.2) is 0 Å². The first-order valence-electron chi connectivity index (χ1n) is 7.37. The zero-order valence-corrected chi connectivity index (χ0v) is 13.8. The van der Waals surface area contributed by atoms with Crippen molar-refractivity contribution in [2.75, 3.05) is 18.0 Å². The van der Waals surface area contributed by atoms with Crippen LogP contribution < -0.4 is 10.2 Å². The summed E-state index contributed by atoms with van der Waals surface area (Å²) in [4.78, 5) is 2.61. The highest BCUT2D eigenvalue weighted by Crippen LogP contribution is 2.35. The number of hydrogen-bond donors (Lipinski definition) is 1. The van der Waals surface area contributed by atoms with Crippen LogP contribution in [0.1, 0.15) is 39.2 Å². The molecule has 0 bridgehead atoms. The van der Waals surface area contributed by atoms with Crippen molar-refractivity contribution in [3.8, 4) is 0 Å². The summed E-state index contributed by atoms with van der Waals surface area (Å²) in [7, 11) is 0. The largest absolute Gasteiger partial charge is 0.368 e. The van der Waals surface area contributed by atoms with Gasteiger partial charge in [-0.3, -0.25) is 0 Å². The van der Waals surface area contributed by atoms with E-state index in [1.54, 1.807) is 0 Å². The molecule has 1 N–H and O–H groups in total. The van der Waals surface area contributed by atoms with Crippen molar-refractivity contribution in [2.24, 2.45) is 5.92 Å². The third kappa shape index (κ3) is 4.22. The minimum absolute atomic E-state index is 0.705. The van der Waals surface area contributed by atoms with E-state index in [0.29, 0.717) is 5.92 Å². The molecule has 0 aromatic heterocycles. The third-order valence-electron chi connectivity index (χ3n) is 3.47. The molecule has 19 heavy (non-hydrogen) atoms. The van der Waals surface area contributed by atoms with Crippen molar-refractivity contribution in [1.82, 2.24) is 5.32 Å². The molecule has 1 aromatic carbocycles. The highest BCUT2D eigenvalue weighted by Gasteiger charge is 2.30. The molecule has 1 aromatic rings. The van der Waals surface area contributed by atoms with Crippen LogP contribution in [-0.2, 0) is 6.54 Å². The fourth-order valence-electron chi connectivity index (χ4n) is 2.46. The van der Waals surface area contributed by atoms with E-state index in [1.807, 2.05) is 0 Å². The Hall–Kier alpha value is -0.540. The maximum absolute atomic E-state index is 3.59. The topological polar surface area (TPSA) is 15.3 Å². The summed E-state index contributed by atoms with van der Waals surface area (Å²) in [5.74, 6) is 0.705. The number of nitrogens with one attached hydrogen (secondary N) is 1.